The van der Waals surface area contributed by atoms with Crippen LogP contribution in [0.4, 0.5) is 0 Å². The molecule has 1 aromatic rings. The van der Waals surface area contributed by atoms with Crippen LogP contribution >= 0.6 is 0 Å². The van der Waals surface area contributed by atoms with Crippen molar-refractivity contribution in [2.75, 3.05) is 6.61 Å². The van der Waals surface area contributed by atoms with E-state index < -0.39 is 0 Å². The zero-order chi connectivity index (χ0) is 8.97. The molecular weight excluding hydrogens is 152 g/mol. The molecule has 0 bridgehead atoms. The lowest BCUT2D eigenvalue weighted by Crippen LogP contribution is -1.91. The monoisotopic (exact) mass is 168 g/mol. The third kappa shape index (κ3) is 2.08. The fourth-order valence-electron chi connectivity index (χ4n) is 1.27. The zero-order valence-corrected chi connectivity index (χ0v) is 7.72. The minimum absolute atomic E-state index is 0.237. The zero-order valence-electron chi connectivity index (χ0n) is 7.72. The number of imidazole rings is 1. The molecule has 0 spiro atoms. The summed E-state index contributed by atoms with van der Waals surface area (Å²) in [5.41, 5.74) is 2.30. The van der Waals surface area contributed by atoms with Gasteiger partial charge in [0.2, 0.25) is 0 Å². The summed E-state index contributed by atoms with van der Waals surface area (Å²) in [6.45, 7) is 4.37. The molecule has 1 rings (SSSR count). The van der Waals surface area contributed by atoms with Gasteiger partial charge in [0, 0.05) is 18.7 Å². The lowest BCUT2D eigenvalue weighted by Gasteiger charge is -1.91. The third-order valence-electron chi connectivity index (χ3n) is 1.94. The number of nitrogens with zero attached hydrogens (tertiary/aromatic N) is 1. The summed E-state index contributed by atoms with van der Waals surface area (Å²) in [5.74, 6) is 0.999. The predicted molar refractivity (Wildman–Crippen MR) is 48.1 cm³/mol. The molecule has 0 aromatic carbocycles. The average Bonchev–Trinajstić information content (AvgIpc) is 2.43. The second-order valence-corrected chi connectivity index (χ2v) is 2.94. The molecule has 1 heterocycles. The Kier molecular flexibility index (Phi) is 3.29. The van der Waals surface area contributed by atoms with E-state index in [-0.39, 0.29) is 6.61 Å². The van der Waals surface area contributed by atoms with E-state index in [1.165, 1.54) is 0 Å². The van der Waals surface area contributed by atoms with E-state index in [9.17, 15) is 0 Å². The number of aromatic nitrogens is 2. The topological polar surface area (TPSA) is 48.9 Å². The van der Waals surface area contributed by atoms with Crippen LogP contribution in [0.2, 0.25) is 0 Å². The Morgan fingerprint density at radius 1 is 1.50 bits per heavy atom. The molecule has 0 saturated carbocycles. The van der Waals surface area contributed by atoms with Crippen LogP contribution in [0, 0.1) is 6.92 Å². The second kappa shape index (κ2) is 4.26. The van der Waals surface area contributed by atoms with E-state index in [0.717, 1.165) is 36.5 Å². The fraction of sp³-hybridized carbons (Fsp3) is 0.667. The Balaban J connectivity index is 2.62. The number of hydrogen-bond donors (Lipinski definition) is 2. The molecule has 0 aliphatic heterocycles. The molecule has 0 fully saturated rings. The number of aromatic amines is 1. The maximum Gasteiger partial charge on any atom is 0.106 e. The summed E-state index contributed by atoms with van der Waals surface area (Å²) in [6.07, 6.45) is 2.61. The number of aryl methyl sites for hydroxylation is 3. The predicted octanol–water partition coefficient (Wildman–Crippen LogP) is 1.21. The molecule has 0 aliphatic rings. The molecule has 0 atom stereocenters. The van der Waals surface area contributed by atoms with Gasteiger partial charge in [0.15, 0.2) is 0 Å². The van der Waals surface area contributed by atoms with Gasteiger partial charge in [0.1, 0.15) is 5.82 Å². The summed E-state index contributed by atoms with van der Waals surface area (Å²) in [7, 11) is 0. The molecule has 2 N–H and O–H groups in total. The maximum atomic E-state index is 8.62. The number of aliphatic hydroxyl groups excluding tert-OH is 1. The van der Waals surface area contributed by atoms with Gasteiger partial charge < -0.3 is 10.1 Å². The first-order chi connectivity index (χ1) is 5.77. The van der Waals surface area contributed by atoms with Crippen LogP contribution in [0.5, 0.6) is 0 Å². The van der Waals surface area contributed by atoms with E-state index in [4.69, 9.17) is 5.11 Å². The summed E-state index contributed by atoms with van der Waals surface area (Å²) in [5, 5.41) is 8.62. The Bertz CT molecular complexity index is 243. The van der Waals surface area contributed by atoms with Crippen molar-refractivity contribution in [3.63, 3.8) is 0 Å². The van der Waals surface area contributed by atoms with Gasteiger partial charge in [-0.15, -0.1) is 0 Å². The first kappa shape index (κ1) is 9.26. The van der Waals surface area contributed by atoms with Crippen molar-refractivity contribution in [2.24, 2.45) is 0 Å². The van der Waals surface area contributed by atoms with Crippen LogP contribution in [0.1, 0.15) is 30.6 Å². The smallest absolute Gasteiger partial charge is 0.106 e. The van der Waals surface area contributed by atoms with Gasteiger partial charge in [0.25, 0.3) is 0 Å². The quantitative estimate of drug-likeness (QED) is 0.709. The van der Waals surface area contributed by atoms with Crippen LogP contribution in [-0.4, -0.2) is 21.7 Å². The Morgan fingerprint density at radius 3 is 2.75 bits per heavy atom. The first-order valence-corrected chi connectivity index (χ1v) is 4.43. The minimum Gasteiger partial charge on any atom is -0.396 e. The molecule has 0 aliphatic carbocycles. The number of aliphatic hydroxyl groups is 1. The number of H-pyrrole nitrogens is 1. The third-order valence-corrected chi connectivity index (χ3v) is 1.94. The van der Waals surface area contributed by atoms with Crippen LogP contribution in [0.25, 0.3) is 0 Å². The number of rotatable bonds is 4. The molecule has 68 valence electrons. The van der Waals surface area contributed by atoms with Gasteiger partial charge in [0.05, 0.1) is 5.69 Å². The summed E-state index contributed by atoms with van der Waals surface area (Å²) in [6, 6.07) is 0. The van der Waals surface area contributed by atoms with Crippen molar-refractivity contribution < 1.29 is 5.11 Å². The van der Waals surface area contributed by atoms with Gasteiger partial charge in [-0.2, -0.15) is 0 Å². The van der Waals surface area contributed by atoms with Crippen molar-refractivity contribution in [1.29, 1.82) is 0 Å². The van der Waals surface area contributed by atoms with Crippen molar-refractivity contribution >= 4 is 0 Å². The highest BCUT2D eigenvalue weighted by molar-refractivity contribution is 5.12. The van der Waals surface area contributed by atoms with Crippen molar-refractivity contribution in [1.82, 2.24) is 9.97 Å². The van der Waals surface area contributed by atoms with Gasteiger partial charge in [-0.3, -0.25) is 0 Å². The van der Waals surface area contributed by atoms with E-state index in [1.807, 2.05) is 6.92 Å². The highest BCUT2D eigenvalue weighted by Gasteiger charge is 2.03. The van der Waals surface area contributed by atoms with Crippen LogP contribution in [-0.2, 0) is 12.8 Å². The van der Waals surface area contributed by atoms with E-state index in [2.05, 4.69) is 16.9 Å². The van der Waals surface area contributed by atoms with Crippen molar-refractivity contribution in [3.05, 3.63) is 17.2 Å². The Hall–Kier alpha value is -0.830. The van der Waals surface area contributed by atoms with Crippen molar-refractivity contribution in [2.45, 2.75) is 33.1 Å². The van der Waals surface area contributed by atoms with Gasteiger partial charge in [-0.1, -0.05) is 6.92 Å². The summed E-state index contributed by atoms with van der Waals surface area (Å²) in [4.78, 5) is 7.61. The van der Waals surface area contributed by atoms with Gasteiger partial charge >= 0.3 is 0 Å². The number of hydrogen-bond acceptors (Lipinski definition) is 2. The fourth-order valence-corrected chi connectivity index (χ4v) is 1.27. The normalized spacial score (nSPS) is 10.6. The molecule has 3 heteroatoms. The lowest BCUT2D eigenvalue weighted by atomic mass is 10.3. The Labute approximate surface area is 72.8 Å². The maximum absolute atomic E-state index is 8.62. The molecule has 0 radical (unpaired) electrons. The second-order valence-electron chi connectivity index (χ2n) is 2.94. The largest absolute Gasteiger partial charge is 0.396 e. The SMILES string of the molecule is CCc1nc(CCCO)[nH]c1C. The molecule has 0 saturated heterocycles. The van der Waals surface area contributed by atoms with Crippen molar-refractivity contribution in [3.8, 4) is 0 Å². The van der Waals surface area contributed by atoms with E-state index in [0.29, 0.717) is 0 Å². The lowest BCUT2D eigenvalue weighted by molar-refractivity contribution is 0.287. The molecule has 12 heavy (non-hydrogen) atoms. The summed E-state index contributed by atoms with van der Waals surface area (Å²) < 4.78 is 0. The summed E-state index contributed by atoms with van der Waals surface area (Å²) >= 11 is 0. The standard InChI is InChI=1S/C9H16N2O/c1-3-8-7(2)10-9(11-8)5-4-6-12/h12H,3-6H2,1-2H3,(H,10,11). The molecule has 0 amide bonds. The molecule has 1 aromatic heterocycles. The molecule has 3 nitrogen and oxygen atoms in total. The van der Waals surface area contributed by atoms with E-state index >= 15 is 0 Å². The van der Waals surface area contributed by atoms with E-state index in [1.54, 1.807) is 0 Å². The minimum atomic E-state index is 0.237. The highest BCUT2D eigenvalue weighted by atomic mass is 16.2. The van der Waals surface area contributed by atoms with Crippen LogP contribution in [0.3, 0.4) is 0 Å². The number of nitrogens with one attached hydrogen (secondary N) is 1. The van der Waals surface area contributed by atoms with Gasteiger partial charge in [-0.05, 0) is 19.8 Å². The average molecular weight is 168 g/mol. The molecular formula is C9H16N2O. The van der Waals surface area contributed by atoms with Gasteiger partial charge in [-0.25, -0.2) is 4.98 Å². The highest BCUT2D eigenvalue weighted by Crippen LogP contribution is 2.06. The van der Waals surface area contributed by atoms with Crippen LogP contribution in [0.15, 0.2) is 0 Å². The Morgan fingerprint density at radius 2 is 2.25 bits per heavy atom. The van der Waals surface area contributed by atoms with Crippen LogP contribution < -0.4 is 0 Å². The molecule has 0 unspecified atom stereocenters. The first-order valence-electron chi connectivity index (χ1n) is 4.43.